The maximum Gasteiger partial charge on any atom is 0.273 e. The van der Waals surface area contributed by atoms with Crippen molar-refractivity contribution in [2.24, 2.45) is 5.41 Å². The lowest BCUT2D eigenvalue weighted by Crippen LogP contribution is -2.51. The molecule has 1 aliphatic carbocycles. The van der Waals surface area contributed by atoms with E-state index in [-0.39, 0.29) is 5.91 Å². The van der Waals surface area contributed by atoms with E-state index in [1.165, 1.54) is 12.8 Å². The fraction of sp³-hybridized carbons (Fsp3) is 0.529. The molecule has 0 spiro atoms. The van der Waals surface area contributed by atoms with E-state index in [0.717, 1.165) is 12.8 Å². The van der Waals surface area contributed by atoms with Crippen LogP contribution in [0, 0.1) is 5.41 Å². The Morgan fingerprint density at radius 1 is 1.28 bits per heavy atom. The van der Waals surface area contributed by atoms with Gasteiger partial charge in [-0.1, -0.05) is 12.8 Å². The van der Waals surface area contributed by atoms with Crippen LogP contribution in [-0.2, 0) is 9.59 Å². The van der Waals surface area contributed by atoms with Gasteiger partial charge in [0.15, 0.2) is 0 Å². The van der Waals surface area contributed by atoms with Crippen LogP contribution in [0.4, 0.5) is 5.82 Å². The van der Waals surface area contributed by atoms with Crippen molar-refractivity contribution in [2.45, 2.75) is 45.1 Å². The fourth-order valence-electron chi connectivity index (χ4n) is 3.24. The second kappa shape index (κ2) is 7.08. The van der Waals surface area contributed by atoms with Gasteiger partial charge in [-0.3, -0.25) is 25.2 Å². The van der Waals surface area contributed by atoms with Crippen molar-refractivity contribution >= 4 is 23.5 Å². The summed E-state index contributed by atoms with van der Waals surface area (Å²) in [7, 11) is 0. The summed E-state index contributed by atoms with van der Waals surface area (Å²) in [5, 5.41) is 5.93. The molecule has 2 heterocycles. The molecule has 2 aliphatic rings. The highest BCUT2D eigenvalue weighted by atomic mass is 16.2. The second-order valence-electron chi connectivity index (χ2n) is 6.77. The topological polar surface area (TPSA) is 112 Å². The molecule has 4 N–H and O–H groups in total. The summed E-state index contributed by atoms with van der Waals surface area (Å²) in [6.45, 7) is 2.02. The first-order valence-corrected chi connectivity index (χ1v) is 8.61. The minimum Gasteiger partial charge on any atom is -0.367 e. The van der Waals surface area contributed by atoms with E-state index >= 15 is 0 Å². The Morgan fingerprint density at radius 3 is 2.72 bits per heavy atom. The molecule has 0 aromatic carbocycles. The fourth-order valence-corrected chi connectivity index (χ4v) is 3.24. The highest BCUT2D eigenvalue weighted by Gasteiger charge is 2.44. The lowest BCUT2D eigenvalue weighted by Gasteiger charge is -2.20. The summed E-state index contributed by atoms with van der Waals surface area (Å²) in [6.07, 6.45) is 6.47. The van der Waals surface area contributed by atoms with E-state index in [0.29, 0.717) is 30.4 Å². The summed E-state index contributed by atoms with van der Waals surface area (Å²) < 4.78 is 0. The Kier molecular flexibility index (Phi) is 4.87. The molecule has 2 fully saturated rings. The van der Waals surface area contributed by atoms with Gasteiger partial charge in [-0.05, 0) is 38.3 Å². The highest BCUT2D eigenvalue weighted by Crippen LogP contribution is 2.26. The quantitative estimate of drug-likeness (QED) is 0.475. The first kappa shape index (κ1) is 17.2. The van der Waals surface area contributed by atoms with E-state index in [9.17, 15) is 14.4 Å². The molecule has 1 aliphatic heterocycles. The molecule has 8 nitrogen and oxygen atoms in total. The first-order valence-electron chi connectivity index (χ1n) is 8.61. The molecule has 1 saturated carbocycles. The van der Waals surface area contributed by atoms with Crippen LogP contribution >= 0.6 is 0 Å². The number of carbonyl (C=O) groups excluding carboxylic acids is 3. The summed E-state index contributed by atoms with van der Waals surface area (Å²) in [5.41, 5.74) is 3.95. The van der Waals surface area contributed by atoms with Crippen molar-refractivity contribution in [1.82, 2.24) is 21.2 Å². The number of amides is 3. The molecule has 1 aromatic rings. The predicted molar refractivity (Wildman–Crippen MR) is 91.5 cm³/mol. The molecule has 1 saturated heterocycles. The Hall–Kier alpha value is -2.64. The minimum absolute atomic E-state index is 0.317. The van der Waals surface area contributed by atoms with Crippen molar-refractivity contribution in [1.29, 1.82) is 0 Å². The minimum atomic E-state index is -1.16. The Balaban J connectivity index is 1.63. The Bertz CT molecular complexity index is 687. The summed E-state index contributed by atoms with van der Waals surface area (Å²) >= 11 is 0. The van der Waals surface area contributed by atoms with E-state index in [1.807, 2.05) is 0 Å². The average Bonchev–Trinajstić information content (AvgIpc) is 3.24. The molecule has 3 amide bonds. The van der Waals surface area contributed by atoms with Gasteiger partial charge in [-0.25, -0.2) is 4.98 Å². The van der Waals surface area contributed by atoms with Crippen molar-refractivity contribution in [3.63, 3.8) is 0 Å². The summed E-state index contributed by atoms with van der Waals surface area (Å²) in [4.78, 5) is 40.7. The van der Waals surface area contributed by atoms with Crippen LogP contribution in [0.1, 0.15) is 49.4 Å². The van der Waals surface area contributed by atoms with Crippen LogP contribution in [-0.4, -0.2) is 35.3 Å². The van der Waals surface area contributed by atoms with E-state index in [2.05, 4.69) is 26.5 Å². The van der Waals surface area contributed by atoms with Crippen LogP contribution in [0.15, 0.2) is 18.3 Å². The van der Waals surface area contributed by atoms with Crippen LogP contribution in [0.25, 0.3) is 0 Å². The van der Waals surface area contributed by atoms with Gasteiger partial charge in [0.2, 0.25) is 5.91 Å². The number of nitrogens with one attached hydrogen (secondary N) is 4. The largest absolute Gasteiger partial charge is 0.367 e. The van der Waals surface area contributed by atoms with E-state index in [1.54, 1.807) is 25.3 Å². The van der Waals surface area contributed by atoms with Crippen molar-refractivity contribution in [3.8, 4) is 0 Å². The zero-order chi connectivity index (χ0) is 17.9. The maximum atomic E-state index is 12.4. The van der Waals surface area contributed by atoms with Gasteiger partial charge in [-0.2, -0.15) is 0 Å². The molecule has 8 heteroatoms. The number of carbonyl (C=O) groups is 3. The number of anilines is 1. The monoisotopic (exact) mass is 345 g/mol. The highest BCUT2D eigenvalue weighted by molar-refractivity contribution is 6.07. The van der Waals surface area contributed by atoms with Gasteiger partial charge < -0.3 is 10.6 Å². The Morgan fingerprint density at radius 2 is 2.04 bits per heavy atom. The second-order valence-corrected chi connectivity index (χ2v) is 6.77. The van der Waals surface area contributed by atoms with Gasteiger partial charge in [0.1, 0.15) is 11.2 Å². The number of pyridine rings is 1. The molecule has 25 heavy (non-hydrogen) atoms. The molecule has 3 rings (SSSR count). The SMILES string of the molecule is CC1(C(=O)NNC(=O)c2cccnc2NC2CCCC2)CCNC1=O. The van der Waals surface area contributed by atoms with Gasteiger partial charge in [0, 0.05) is 18.8 Å². The summed E-state index contributed by atoms with van der Waals surface area (Å²) in [6, 6.07) is 3.63. The number of nitrogens with zero attached hydrogens (tertiary/aromatic N) is 1. The average molecular weight is 345 g/mol. The molecule has 0 radical (unpaired) electrons. The van der Waals surface area contributed by atoms with Gasteiger partial charge in [0.25, 0.3) is 11.8 Å². The number of hydrazine groups is 1. The number of rotatable bonds is 4. The third kappa shape index (κ3) is 3.57. The molecule has 134 valence electrons. The third-order valence-corrected chi connectivity index (χ3v) is 4.95. The van der Waals surface area contributed by atoms with Gasteiger partial charge in [-0.15, -0.1) is 0 Å². The van der Waals surface area contributed by atoms with E-state index < -0.39 is 17.2 Å². The molecule has 0 bridgehead atoms. The zero-order valence-corrected chi connectivity index (χ0v) is 14.2. The smallest absolute Gasteiger partial charge is 0.273 e. The molecule has 1 aromatic heterocycles. The standard InChI is InChI=1S/C17H23N5O3/c1-17(8-10-19-15(17)24)16(25)22-21-14(23)12-7-4-9-18-13(12)20-11-5-2-3-6-11/h4,7,9,11H,2-3,5-6,8,10H2,1H3,(H,18,20)(H,19,24)(H,21,23)(H,22,25). The number of hydrogen-bond acceptors (Lipinski definition) is 5. The predicted octanol–water partition coefficient (Wildman–Crippen LogP) is 0.723. The summed E-state index contributed by atoms with van der Waals surface area (Å²) in [5.74, 6) is -0.816. The lowest BCUT2D eigenvalue weighted by molar-refractivity contribution is -0.140. The van der Waals surface area contributed by atoms with Crippen molar-refractivity contribution in [2.75, 3.05) is 11.9 Å². The van der Waals surface area contributed by atoms with Crippen LogP contribution in [0.5, 0.6) is 0 Å². The first-order chi connectivity index (χ1) is 12.0. The molecular weight excluding hydrogens is 322 g/mol. The van der Waals surface area contributed by atoms with Crippen molar-refractivity contribution < 1.29 is 14.4 Å². The molecule has 1 unspecified atom stereocenters. The number of aromatic nitrogens is 1. The lowest BCUT2D eigenvalue weighted by atomic mass is 9.88. The van der Waals surface area contributed by atoms with Crippen LogP contribution < -0.4 is 21.5 Å². The third-order valence-electron chi connectivity index (χ3n) is 4.95. The Labute approximate surface area is 146 Å². The van der Waals surface area contributed by atoms with Gasteiger partial charge in [0.05, 0.1) is 5.56 Å². The zero-order valence-electron chi connectivity index (χ0n) is 14.2. The molecule has 1 atom stereocenters. The normalized spacial score (nSPS) is 23.2. The molecular formula is C17H23N5O3. The van der Waals surface area contributed by atoms with Crippen LogP contribution in [0.3, 0.4) is 0 Å². The van der Waals surface area contributed by atoms with Crippen LogP contribution in [0.2, 0.25) is 0 Å². The maximum absolute atomic E-state index is 12.4. The van der Waals surface area contributed by atoms with E-state index in [4.69, 9.17) is 0 Å². The number of hydrogen-bond donors (Lipinski definition) is 4. The van der Waals surface area contributed by atoms with Gasteiger partial charge >= 0.3 is 0 Å². The van der Waals surface area contributed by atoms with Crippen molar-refractivity contribution in [3.05, 3.63) is 23.9 Å².